The molecule has 1 aliphatic rings. The Kier molecular flexibility index (Phi) is 4.15. The van der Waals surface area contributed by atoms with E-state index < -0.39 is 0 Å². The van der Waals surface area contributed by atoms with Crippen LogP contribution in [0.1, 0.15) is 21.7 Å². The number of rotatable bonds is 3. The largest absolute Gasteiger partial charge is 0.369 e. The van der Waals surface area contributed by atoms with Gasteiger partial charge in [-0.25, -0.2) is 4.98 Å². The number of fused-ring (bicyclic) bond motifs is 1. The molecular weight excluding hydrogens is 332 g/mol. The fourth-order valence-corrected chi connectivity index (χ4v) is 4.32. The Morgan fingerprint density at radius 1 is 1.32 bits per heavy atom. The first-order valence-electron chi connectivity index (χ1n) is 8.34. The van der Waals surface area contributed by atoms with E-state index in [1.807, 2.05) is 11.3 Å². The van der Waals surface area contributed by atoms with Crippen molar-refractivity contribution in [2.75, 3.05) is 12.3 Å². The van der Waals surface area contributed by atoms with Crippen molar-refractivity contribution in [2.24, 2.45) is 0 Å². The maximum Gasteiger partial charge on any atom is 0.257 e. The number of aromatic nitrogens is 2. The minimum absolute atomic E-state index is 0.112. The zero-order valence-corrected chi connectivity index (χ0v) is 14.9. The van der Waals surface area contributed by atoms with Gasteiger partial charge in [0, 0.05) is 35.8 Å². The lowest BCUT2D eigenvalue weighted by atomic mass is 10.1. The number of H-pyrrole nitrogens is 1. The van der Waals surface area contributed by atoms with E-state index in [9.17, 15) is 4.79 Å². The molecule has 0 amide bonds. The number of hydrogen-bond donors (Lipinski definition) is 2. The Bertz CT molecular complexity index is 976. The number of aryl methyl sites for hydroxylation is 1. The molecule has 0 bridgehead atoms. The number of aromatic amines is 1. The Labute approximate surface area is 150 Å². The number of nitrogens with one attached hydrogen (secondary N) is 1. The van der Waals surface area contributed by atoms with E-state index in [2.05, 4.69) is 58.2 Å². The van der Waals surface area contributed by atoms with Crippen LogP contribution in [0.25, 0.3) is 10.4 Å². The van der Waals surface area contributed by atoms with E-state index in [1.165, 1.54) is 20.9 Å². The first-order chi connectivity index (χ1) is 12.1. The quantitative estimate of drug-likeness (QED) is 0.760. The molecule has 128 valence electrons. The van der Waals surface area contributed by atoms with Crippen molar-refractivity contribution in [3.8, 4) is 10.4 Å². The average Bonchev–Trinajstić information content (AvgIpc) is 3.04. The summed E-state index contributed by atoms with van der Waals surface area (Å²) < 4.78 is 0. The van der Waals surface area contributed by atoms with Gasteiger partial charge in [-0.3, -0.25) is 14.7 Å². The molecule has 2 aromatic heterocycles. The summed E-state index contributed by atoms with van der Waals surface area (Å²) in [5, 5.41) is 0. The summed E-state index contributed by atoms with van der Waals surface area (Å²) in [6.45, 7) is 4.47. The number of nitrogen functional groups attached to an aromatic ring is 1. The van der Waals surface area contributed by atoms with Gasteiger partial charge in [-0.05, 0) is 24.6 Å². The van der Waals surface area contributed by atoms with Crippen LogP contribution in [-0.2, 0) is 19.5 Å². The van der Waals surface area contributed by atoms with E-state index in [0.29, 0.717) is 6.54 Å². The SMILES string of the molecule is Cc1cccc(-c2ccc(CN3CCc4nc(N)[nH]c(=O)c4C3)s2)c1. The fraction of sp³-hybridized carbons (Fsp3) is 0.263. The first-order valence-corrected chi connectivity index (χ1v) is 9.16. The highest BCUT2D eigenvalue weighted by Crippen LogP contribution is 2.30. The Balaban J connectivity index is 1.51. The van der Waals surface area contributed by atoms with Crippen molar-refractivity contribution >= 4 is 17.3 Å². The van der Waals surface area contributed by atoms with Crippen LogP contribution in [-0.4, -0.2) is 21.4 Å². The molecule has 1 aliphatic heterocycles. The van der Waals surface area contributed by atoms with Crippen molar-refractivity contribution in [2.45, 2.75) is 26.4 Å². The topological polar surface area (TPSA) is 75.0 Å². The van der Waals surface area contributed by atoms with Crippen molar-refractivity contribution in [1.82, 2.24) is 14.9 Å². The molecule has 0 aliphatic carbocycles. The lowest BCUT2D eigenvalue weighted by molar-refractivity contribution is 0.244. The van der Waals surface area contributed by atoms with Crippen LogP contribution in [0, 0.1) is 6.92 Å². The van der Waals surface area contributed by atoms with Crippen LogP contribution in [0.2, 0.25) is 0 Å². The standard InChI is InChI=1S/C19H20N4OS/c1-12-3-2-4-13(9-12)17-6-5-14(25-17)10-23-8-7-16-15(11-23)18(24)22-19(20)21-16/h2-6,9H,7-8,10-11H2,1H3,(H3,20,21,22,24). The predicted molar refractivity (Wildman–Crippen MR) is 102 cm³/mol. The molecule has 25 heavy (non-hydrogen) atoms. The van der Waals surface area contributed by atoms with Gasteiger partial charge < -0.3 is 5.73 Å². The molecule has 3 heterocycles. The van der Waals surface area contributed by atoms with Crippen LogP contribution >= 0.6 is 11.3 Å². The molecule has 0 saturated heterocycles. The molecule has 0 fully saturated rings. The number of benzene rings is 1. The molecular formula is C19H20N4OS. The van der Waals surface area contributed by atoms with Crippen LogP contribution in [0.4, 0.5) is 5.95 Å². The van der Waals surface area contributed by atoms with Gasteiger partial charge in [-0.15, -0.1) is 11.3 Å². The van der Waals surface area contributed by atoms with Crippen LogP contribution < -0.4 is 11.3 Å². The summed E-state index contributed by atoms with van der Waals surface area (Å²) in [6.07, 6.45) is 0.763. The van der Waals surface area contributed by atoms with Crippen molar-refractivity contribution < 1.29 is 0 Å². The monoisotopic (exact) mass is 352 g/mol. The highest BCUT2D eigenvalue weighted by Gasteiger charge is 2.21. The van der Waals surface area contributed by atoms with Gasteiger partial charge in [0.1, 0.15) is 0 Å². The molecule has 3 N–H and O–H groups in total. The van der Waals surface area contributed by atoms with E-state index in [0.717, 1.165) is 30.8 Å². The molecule has 6 heteroatoms. The van der Waals surface area contributed by atoms with E-state index in [-0.39, 0.29) is 11.5 Å². The summed E-state index contributed by atoms with van der Waals surface area (Å²) in [5.74, 6) is 0.207. The Morgan fingerprint density at radius 2 is 2.20 bits per heavy atom. The van der Waals surface area contributed by atoms with Crippen LogP contribution in [0.15, 0.2) is 41.2 Å². The third-order valence-corrected chi connectivity index (χ3v) is 5.63. The third-order valence-electron chi connectivity index (χ3n) is 4.51. The summed E-state index contributed by atoms with van der Waals surface area (Å²) >= 11 is 1.81. The zero-order valence-electron chi connectivity index (χ0n) is 14.1. The lowest BCUT2D eigenvalue weighted by Gasteiger charge is -2.26. The molecule has 5 nitrogen and oxygen atoms in total. The highest BCUT2D eigenvalue weighted by molar-refractivity contribution is 7.15. The summed E-state index contributed by atoms with van der Waals surface area (Å²) in [7, 11) is 0. The second-order valence-corrected chi connectivity index (χ2v) is 7.64. The fourth-order valence-electron chi connectivity index (χ4n) is 3.27. The zero-order chi connectivity index (χ0) is 17.4. The van der Waals surface area contributed by atoms with E-state index in [1.54, 1.807) is 0 Å². The number of anilines is 1. The maximum absolute atomic E-state index is 12.1. The minimum atomic E-state index is -0.112. The molecule has 0 atom stereocenters. The number of nitrogens with two attached hydrogens (primary N) is 1. The molecule has 0 saturated carbocycles. The van der Waals surface area contributed by atoms with Gasteiger partial charge in [0.25, 0.3) is 5.56 Å². The van der Waals surface area contributed by atoms with Crippen molar-refractivity contribution in [3.63, 3.8) is 0 Å². The lowest BCUT2D eigenvalue weighted by Crippen LogP contribution is -2.35. The second-order valence-electron chi connectivity index (χ2n) is 6.47. The van der Waals surface area contributed by atoms with Crippen molar-refractivity contribution in [3.05, 3.63) is 68.4 Å². The van der Waals surface area contributed by atoms with Gasteiger partial charge in [-0.1, -0.05) is 29.8 Å². The first kappa shape index (κ1) is 16.1. The molecule has 4 rings (SSSR count). The molecule has 1 aromatic carbocycles. The predicted octanol–water partition coefficient (Wildman–Crippen LogP) is 2.95. The number of hydrogen-bond acceptors (Lipinski definition) is 5. The molecule has 0 spiro atoms. The third kappa shape index (κ3) is 3.36. The van der Waals surface area contributed by atoms with Crippen LogP contribution in [0.3, 0.4) is 0 Å². The van der Waals surface area contributed by atoms with Crippen molar-refractivity contribution in [1.29, 1.82) is 0 Å². The van der Waals surface area contributed by atoms with Gasteiger partial charge in [0.2, 0.25) is 5.95 Å². The highest BCUT2D eigenvalue weighted by atomic mass is 32.1. The smallest absolute Gasteiger partial charge is 0.257 e. The summed E-state index contributed by atoms with van der Waals surface area (Å²) in [6, 6.07) is 12.9. The van der Waals surface area contributed by atoms with Gasteiger partial charge in [-0.2, -0.15) is 0 Å². The Morgan fingerprint density at radius 3 is 3.04 bits per heavy atom. The van der Waals surface area contributed by atoms with E-state index in [4.69, 9.17) is 5.73 Å². The molecule has 3 aromatic rings. The average molecular weight is 352 g/mol. The van der Waals surface area contributed by atoms with Gasteiger partial charge in [0.05, 0.1) is 11.3 Å². The number of thiophene rings is 1. The number of nitrogens with zero attached hydrogens (tertiary/aromatic N) is 2. The Hall–Kier alpha value is -2.44. The van der Waals surface area contributed by atoms with E-state index >= 15 is 0 Å². The van der Waals surface area contributed by atoms with Gasteiger partial charge >= 0.3 is 0 Å². The molecule has 0 radical (unpaired) electrons. The summed E-state index contributed by atoms with van der Waals surface area (Å²) in [4.78, 5) is 23.9. The maximum atomic E-state index is 12.1. The van der Waals surface area contributed by atoms with Crippen LogP contribution in [0.5, 0.6) is 0 Å². The normalized spacial score (nSPS) is 14.4. The molecule has 0 unspecified atom stereocenters. The van der Waals surface area contributed by atoms with Gasteiger partial charge in [0.15, 0.2) is 0 Å². The second kappa shape index (κ2) is 6.46. The minimum Gasteiger partial charge on any atom is -0.369 e. The summed E-state index contributed by atoms with van der Waals surface area (Å²) in [5.41, 5.74) is 9.63.